The minimum atomic E-state index is -0.343. The van der Waals surface area contributed by atoms with Crippen LogP contribution >= 0.6 is 11.3 Å². The fraction of sp³-hybridized carbons (Fsp3) is 0.158. The van der Waals surface area contributed by atoms with Gasteiger partial charge in [0.25, 0.3) is 5.91 Å². The third kappa shape index (κ3) is 4.87. The molecule has 1 N–H and O–H groups in total. The highest BCUT2D eigenvalue weighted by molar-refractivity contribution is 7.13. The Morgan fingerprint density at radius 2 is 1.88 bits per heavy atom. The largest absolute Gasteiger partial charge is 0.484 e. The van der Waals surface area contributed by atoms with Gasteiger partial charge in [0.1, 0.15) is 16.6 Å². The van der Waals surface area contributed by atoms with Crippen LogP contribution in [0.3, 0.4) is 0 Å². The summed E-state index contributed by atoms with van der Waals surface area (Å²) >= 11 is 1.54. The van der Waals surface area contributed by atoms with E-state index >= 15 is 0 Å². The summed E-state index contributed by atoms with van der Waals surface area (Å²) in [6.07, 6.45) is 0. The molecule has 1 aromatic heterocycles. The molecule has 0 aliphatic carbocycles. The van der Waals surface area contributed by atoms with Gasteiger partial charge in [0.05, 0.1) is 12.2 Å². The number of aromatic nitrogens is 1. The molecule has 128 valence electrons. The van der Waals surface area contributed by atoms with E-state index in [1.165, 1.54) is 29.8 Å². The monoisotopic (exact) mass is 356 g/mol. The van der Waals surface area contributed by atoms with E-state index in [1.807, 2.05) is 36.6 Å². The standard InChI is InChI=1S/C19H17FN2O2S/c1-13-2-4-14(5-3-13)19-22-16(12-25-19)10-21-18(23)11-24-17-8-6-15(20)7-9-17/h2-9,12H,10-11H2,1H3,(H,21,23). The molecule has 25 heavy (non-hydrogen) atoms. The maximum atomic E-state index is 12.8. The lowest BCUT2D eigenvalue weighted by molar-refractivity contribution is -0.123. The number of hydrogen-bond acceptors (Lipinski definition) is 4. The fourth-order valence-electron chi connectivity index (χ4n) is 2.14. The molecule has 0 spiro atoms. The lowest BCUT2D eigenvalue weighted by Gasteiger charge is -2.06. The van der Waals surface area contributed by atoms with Crippen LogP contribution in [0, 0.1) is 12.7 Å². The van der Waals surface area contributed by atoms with Gasteiger partial charge in [-0.1, -0.05) is 29.8 Å². The smallest absolute Gasteiger partial charge is 0.258 e. The Bertz CT molecular complexity index is 845. The number of hydrogen-bond donors (Lipinski definition) is 1. The molecule has 0 fully saturated rings. The fourth-order valence-corrected chi connectivity index (χ4v) is 2.96. The average molecular weight is 356 g/mol. The van der Waals surface area contributed by atoms with Crippen LogP contribution in [0.25, 0.3) is 10.6 Å². The Kier molecular flexibility index (Phi) is 5.40. The molecule has 0 aliphatic rings. The highest BCUT2D eigenvalue weighted by Crippen LogP contribution is 2.23. The predicted molar refractivity (Wildman–Crippen MR) is 96.0 cm³/mol. The molecule has 0 bridgehead atoms. The number of nitrogens with zero attached hydrogens (tertiary/aromatic N) is 1. The normalized spacial score (nSPS) is 10.5. The van der Waals surface area contributed by atoms with Crippen LogP contribution in [-0.4, -0.2) is 17.5 Å². The molecule has 4 nitrogen and oxygen atoms in total. The van der Waals surface area contributed by atoms with Gasteiger partial charge in [-0.2, -0.15) is 0 Å². The van der Waals surface area contributed by atoms with E-state index in [-0.39, 0.29) is 18.3 Å². The minimum Gasteiger partial charge on any atom is -0.484 e. The molecule has 2 aromatic carbocycles. The van der Waals surface area contributed by atoms with Crippen molar-refractivity contribution in [3.8, 4) is 16.3 Å². The average Bonchev–Trinajstić information content (AvgIpc) is 3.09. The Hall–Kier alpha value is -2.73. The third-order valence-corrected chi connectivity index (χ3v) is 4.44. The van der Waals surface area contributed by atoms with Crippen molar-refractivity contribution in [3.05, 3.63) is 71.0 Å². The van der Waals surface area contributed by atoms with Crippen LogP contribution in [0.5, 0.6) is 5.75 Å². The molecule has 3 rings (SSSR count). The number of rotatable bonds is 6. The zero-order chi connectivity index (χ0) is 17.6. The number of thiazole rings is 1. The van der Waals surface area contributed by atoms with Gasteiger partial charge < -0.3 is 10.1 Å². The second-order valence-corrected chi connectivity index (χ2v) is 6.39. The van der Waals surface area contributed by atoms with Crippen LogP contribution < -0.4 is 10.1 Å². The second kappa shape index (κ2) is 7.90. The SMILES string of the molecule is Cc1ccc(-c2nc(CNC(=O)COc3ccc(F)cc3)cs2)cc1. The summed E-state index contributed by atoms with van der Waals surface area (Å²) < 4.78 is 18.1. The number of benzene rings is 2. The van der Waals surface area contributed by atoms with Gasteiger partial charge in [-0.15, -0.1) is 11.3 Å². The molecule has 1 heterocycles. The number of carbonyl (C=O) groups is 1. The summed E-state index contributed by atoms with van der Waals surface area (Å²) in [4.78, 5) is 16.4. The van der Waals surface area contributed by atoms with E-state index in [0.717, 1.165) is 16.3 Å². The van der Waals surface area contributed by atoms with Crippen molar-refractivity contribution in [1.29, 1.82) is 0 Å². The van der Waals surface area contributed by atoms with Gasteiger partial charge in [0.15, 0.2) is 6.61 Å². The molecule has 0 unspecified atom stereocenters. The van der Waals surface area contributed by atoms with Crippen LogP contribution in [0.2, 0.25) is 0 Å². The molecular weight excluding hydrogens is 339 g/mol. The summed E-state index contributed by atoms with van der Waals surface area (Å²) in [6, 6.07) is 13.7. The van der Waals surface area contributed by atoms with E-state index in [1.54, 1.807) is 11.3 Å². The number of aryl methyl sites for hydroxylation is 1. The number of carbonyl (C=O) groups excluding carboxylic acids is 1. The van der Waals surface area contributed by atoms with Gasteiger partial charge in [0, 0.05) is 10.9 Å². The quantitative estimate of drug-likeness (QED) is 0.727. The topological polar surface area (TPSA) is 51.2 Å². The first-order chi connectivity index (χ1) is 12.1. The lowest BCUT2D eigenvalue weighted by Crippen LogP contribution is -2.28. The second-order valence-electron chi connectivity index (χ2n) is 5.53. The number of halogens is 1. The Morgan fingerprint density at radius 1 is 1.16 bits per heavy atom. The van der Waals surface area contributed by atoms with Crippen molar-refractivity contribution >= 4 is 17.2 Å². The highest BCUT2D eigenvalue weighted by Gasteiger charge is 2.07. The summed E-state index contributed by atoms with van der Waals surface area (Å²) in [6.45, 7) is 2.26. The van der Waals surface area contributed by atoms with Crippen molar-refractivity contribution in [2.45, 2.75) is 13.5 Å². The van der Waals surface area contributed by atoms with E-state index in [2.05, 4.69) is 10.3 Å². The van der Waals surface area contributed by atoms with Crippen LogP contribution in [-0.2, 0) is 11.3 Å². The zero-order valence-electron chi connectivity index (χ0n) is 13.7. The van der Waals surface area contributed by atoms with Crippen LogP contribution in [0.4, 0.5) is 4.39 Å². The molecule has 0 atom stereocenters. The first-order valence-corrected chi connectivity index (χ1v) is 8.64. The Morgan fingerprint density at radius 3 is 2.60 bits per heavy atom. The summed E-state index contributed by atoms with van der Waals surface area (Å²) in [5.41, 5.74) is 3.07. The molecule has 0 radical (unpaired) electrons. The van der Waals surface area contributed by atoms with Crippen molar-refractivity contribution in [2.75, 3.05) is 6.61 Å². The van der Waals surface area contributed by atoms with E-state index in [9.17, 15) is 9.18 Å². The summed E-state index contributed by atoms with van der Waals surface area (Å²) in [5.74, 6) is -0.147. The molecule has 6 heteroatoms. The van der Waals surface area contributed by atoms with E-state index < -0.39 is 0 Å². The summed E-state index contributed by atoms with van der Waals surface area (Å²) in [5, 5.41) is 5.61. The van der Waals surface area contributed by atoms with Gasteiger partial charge in [0.2, 0.25) is 0 Å². The van der Waals surface area contributed by atoms with Crippen molar-refractivity contribution < 1.29 is 13.9 Å². The first kappa shape index (κ1) is 17.1. The minimum absolute atomic E-state index is 0.124. The molecule has 3 aromatic rings. The summed E-state index contributed by atoms with van der Waals surface area (Å²) in [7, 11) is 0. The van der Waals surface area contributed by atoms with Crippen LogP contribution in [0.1, 0.15) is 11.3 Å². The first-order valence-electron chi connectivity index (χ1n) is 7.77. The molecule has 0 aliphatic heterocycles. The number of amides is 1. The third-order valence-electron chi connectivity index (χ3n) is 3.50. The molecule has 0 saturated heterocycles. The lowest BCUT2D eigenvalue weighted by atomic mass is 10.2. The van der Waals surface area contributed by atoms with Crippen molar-refractivity contribution in [2.24, 2.45) is 0 Å². The van der Waals surface area contributed by atoms with Gasteiger partial charge in [-0.3, -0.25) is 4.79 Å². The maximum absolute atomic E-state index is 12.8. The maximum Gasteiger partial charge on any atom is 0.258 e. The number of ether oxygens (including phenoxy) is 1. The molecule has 1 amide bonds. The van der Waals surface area contributed by atoms with Gasteiger partial charge in [-0.25, -0.2) is 9.37 Å². The van der Waals surface area contributed by atoms with E-state index in [4.69, 9.17) is 4.74 Å². The molecule has 0 saturated carbocycles. The van der Waals surface area contributed by atoms with Crippen molar-refractivity contribution in [3.63, 3.8) is 0 Å². The van der Waals surface area contributed by atoms with Gasteiger partial charge in [-0.05, 0) is 31.2 Å². The Balaban J connectivity index is 1.49. The predicted octanol–water partition coefficient (Wildman–Crippen LogP) is 3.95. The van der Waals surface area contributed by atoms with Crippen LogP contribution in [0.15, 0.2) is 53.9 Å². The van der Waals surface area contributed by atoms with Crippen molar-refractivity contribution in [1.82, 2.24) is 10.3 Å². The Labute approximate surface area is 149 Å². The highest BCUT2D eigenvalue weighted by atomic mass is 32.1. The number of nitrogens with one attached hydrogen (secondary N) is 1. The molecular formula is C19H17FN2O2S. The van der Waals surface area contributed by atoms with Gasteiger partial charge >= 0.3 is 0 Å². The van der Waals surface area contributed by atoms with E-state index in [0.29, 0.717) is 12.3 Å². The zero-order valence-corrected chi connectivity index (χ0v) is 14.5.